The molecule has 0 bridgehead atoms. The highest BCUT2D eigenvalue weighted by atomic mass is 16.5. The van der Waals surface area contributed by atoms with E-state index in [4.69, 9.17) is 4.74 Å². The molecule has 0 aromatic heterocycles. The first kappa shape index (κ1) is 34.6. The van der Waals surface area contributed by atoms with Gasteiger partial charge >= 0.3 is 0 Å². The lowest BCUT2D eigenvalue weighted by molar-refractivity contribution is -0.0154. The molecule has 1 heteroatoms. The van der Waals surface area contributed by atoms with Gasteiger partial charge in [-0.25, -0.2) is 0 Å². The van der Waals surface area contributed by atoms with Crippen LogP contribution in [0.4, 0.5) is 0 Å². The largest absolute Gasteiger partial charge is 0.374 e. The molecule has 2 fully saturated rings. The lowest BCUT2D eigenvalue weighted by Gasteiger charge is -2.37. The molecule has 0 spiro atoms. The number of hydrogen-bond donors (Lipinski definition) is 0. The smallest absolute Gasteiger partial charge is 0.0608 e. The summed E-state index contributed by atoms with van der Waals surface area (Å²) in [6, 6.07) is 0. The Morgan fingerprint density at radius 3 is 2.26 bits per heavy atom. The third kappa shape index (κ3) is 11.3. The number of ether oxygens (including phenoxy) is 1. The first-order chi connectivity index (χ1) is 18.4. The first-order valence-corrected chi connectivity index (χ1v) is 17.4. The average Bonchev–Trinajstić information content (AvgIpc) is 3.63. The molecular weight excluding hydrogens is 472 g/mol. The maximum absolute atomic E-state index is 6.78. The average molecular weight is 543 g/mol. The van der Waals surface area contributed by atoms with Crippen LogP contribution in [0.1, 0.15) is 166 Å². The van der Waals surface area contributed by atoms with Gasteiger partial charge in [-0.15, -0.1) is 0 Å². The van der Waals surface area contributed by atoms with Crippen molar-refractivity contribution in [2.45, 2.75) is 178 Å². The Morgan fingerprint density at radius 2 is 1.62 bits per heavy atom. The molecule has 0 amide bonds. The van der Waals surface area contributed by atoms with Crippen LogP contribution in [0.25, 0.3) is 0 Å². The summed E-state index contributed by atoms with van der Waals surface area (Å²) in [7, 11) is 0. The van der Waals surface area contributed by atoms with Gasteiger partial charge in [0, 0.05) is 0 Å². The summed E-state index contributed by atoms with van der Waals surface area (Å²) in [5.74, 6) is 4.09. The molecule has 1 saturated heterocycles. The fourth-order valence-corrected chi connectivity index (χ4v) is 8.47. The van der Waals surface area contributed by atoms with Crippen LogP contribution in [-0.2, 0) is 4.74 Å². The van der Waals surface area contributed by atoms with Crippen molar-refractivity contribution in [1.29, 1.82) is 0 Å². The standard InChI is InChI=1S/C36H64O.C2H6/c1-10-35(6,7)25-36(8,9)24-29(5)31-18-19-32(23-31)34-21-20-33(37-34)28(4)15-12-11-14-26(2)22-30-17-13-16-27(30)3;1-2/h17,26,28-29,31-34H,3,10-16,18-25H2,1-2,4-9H3;1-2H3/t26?,28?,29-,31?,32+,33-,34?;/m1./s1. The van der Waals surface area contributed by atoms with Crippen LogP contribution in [0.5, 0.6) is 0 Å². The minimum absolute atomic E-state index is 0.446. The molecular formula is C38H70O. The van der Waals surface area contributed by atoms with Gasteiger partial charge in [0.05, 0.1) is 12.2 Å². The Kier molecular flexibility index (Phi) is 14.4. The highest BCUT2D eigenvalue weighted by Crippen LogP contribution is 2.47. The van der Waals surface area contributed by atoms with Crippen LogP contribution >= 0.6 is 0 Å². The minimum Gasteiger partial charge on any atom is -0.374 e. The lowest BCUT2D eigenvalue weighted by Crippen LogP contribution is -2.27. The zero-order valence-corrected chi connectivity index (χ0v) is 28.3. The van der Waals surface area contributed by atoms with Gasteiger partial charge in [0.2, 0.25) is 0 Å². The highest BCUT2D eigenvalue weighted by molar-refractivity contribution is 5.33. The quantitative estimate of drug-likeness (QED) is 0.187. The van der Waals surface area contributed by atoms with Gasteiger partial charge in [-0.1, -0.05) is 113 Å². The van der Waals surface area contributed by atoms with Gasteiger partial charge < -0.3 is 4.74 Å². The molecule has 39 heavy (non-hydrogen) atoms. The van der Waals surface area contributed by atoms with E-state index >= 15 is 0 Å². The van der Waals surface area contributed by atoms with Crippen LogP contribution in [-0.4, -0.2) is 12.2 Å². The zero-order chi connectivity index (χ0) is 29.2. The van der Waals surface area contributed by atoms with Crippen molar-refractivity contribution in [1.82, 2.24) is 0 Å². The van der Waals surface area contributed by atoms with E-state index in [0.29, 0.717) is 23.0 Å². The van der Waals surface area contributed by atoms with Gasteiger partial charge in [0.25, 0.3) is 0 Å². The van der Waals surface area contributed by atoms with E-state index in [9.17, 15) is 0 Å². The summed E-state index contributed by atoms with van der Waals surface area (Å²) < 4.78 is 6.78. The summed E-state index contributed by atoms with van der Waals surface area (Å²) >= 11 is 0. The van der Waals surface area contributed by atoms with Crippen molar-refractivity contribution < 1.29 is 4.74 Å². The molecule has 0 radical (unpaired) electrons. The Morgan fingerprint density at radius 1 is 0.923 bits per heavy atom. The van der Waals surface area contributed by atoms with E-state index in [0.717, 1.165) is 29.6 Å². The van der Waals surface area contributed by atoms with Crippen LogP contribution in [0, 0.1) is 40.4 Å². The number of hydrogen-bond acceptors (Lipinski definition) is 1. The zero-order valence-electron chi connectivity index (χ0n) is 28.3. The topological polar surface area (TPSA) is 9.23 Å². The molecule has 4 unspecified atom stereocenters. The van der Waals surface area contributed by atoms with E-state index in [1.807, 2.05) is 13.8 Å². The van der Waals surface area contributed by atoms with E-state index in [1.54, 1.807) is 5.57 Å². The minimum atomic E-state index is 0.446. The molecule has 3 aliphatic rings. The molecule has 1 aliphatic heterocycles. The van der Waals surface area contributed by atoms with Crippen LogP contribution in [0.2, 0.25) is 0 Å². The SMILES string of the molecule is C=C1CCC=C1CC(C)CCCCC(C)[C@H]1CCC([C@H]2CCC([C@H](C)CC(C)(C)CC(C)(C)CC)C2)O1.CC. The fraction of sp³-hybridized carbons (Fsp3) is 0.895. The van der Waals surface area contributed by atoms with Crippen molar-refractivity contribution in [2.75, 3.05) is 0 Å². The van der Waals surface area contributed by atoms with Crippen molar-refractivity contribution in [3.8, 4) is 0 Å². The van der Waals surface area contributed by atoms with Gasteiger partial charge in [-0.05, 0) is 117 Å². The molecule has 228 valence electrons. The van der Waals surface area contributed by atoms with Crippen molar-refractivity contribution in [2.24, 2.45) is 40.4 Å². The summed E-state index contributed by atoms with van der Waals surface area (Å²) in [6.45, 7) is 28.0. The van der Waals surface area contributed by atoms with Gasteiger partial charge in [-0.2, -0.15) is 0 Å². The lowest BCUT2D eigenvalue weighted by atomic mass is 9.68. The Bertz CT molecular complexity index is 742. The molecule has 2 aliphatic carbocycles. The van der Waals surface area contributed by atoms with Crippen LogP contribution < -0.4 is 0 Å². The van der Waals surface area contributed by atoms with Gasteiger partial charge in [0.1, 0.15) is 0 Å². The second-order valence-corrected chi connectivity index (χ2v) is 15.6. The van der Waals surface area contributed by atoms with E-state index in [2.05, 4.69) is 68.0 Å². The molecule has 1 nitrogen and oxygen atoms in total. The van der Waals surface area contributed by atoms with Crippen molar-refractivity contribution in [3.05, 3.63) is 23.8 Å². The molecule has 0 N–H and O–H groups in total. The predicted octanol–water partition coefficient (Wildman–Crippen LogP) is 12.4. The predicted molar refractivity (Wildman–Crippen MR) is 174 cm³/mol. The van der Waals surface area contributed by atoms with E-state index in [1.165, 1.54) is 102 Å². The molecule has 3 rings (SSSR count). The molecule has 1 saturated carbocycles. The molecule has 0 aromatic rings. The second kappa shape index (κ2) is 16.2. The Hall–Kier alpha value is -0.560. The number of rotatable bonds is 15. The van der Waals surface area contributed by atoms with Crippen molar-refractivity contribution in [3.63, 3.8) is 0 Å². The van der Waals surface area contributed by atoms with Crippen LogP contribution in [0.15, 0.2) is 23.8 Å². The third-order valence-corrected chi connectivity index (χ3v) is 10.8. The maximum atomic E-state index is 6.78. The first-order valence-electron chi connectivity index (χ1n) is 17.4. The van der Waals surface area contributed by atoms with Gasteiger partial charge in [-0.3, -0.25) is 0 Å². The summed E-state index contributed by atoms with van der Waals surface area (Å²) in [4.78, 5) is 0. The number of allylic oxidation sites excluding steroid dienone is 3. The Labute approximate surface area is 246 Å². The van der Waals surface area contributed by atoms with E-state index < -0.39 is 0 Å². The van der Waals surface area contributed by atoms with Crippen molar-refractivity contribution >= 4 is 0 Å². The molecule has 0 aromatic carbocycles. The summed E-state index contributed by atoms with van der Waals surface area (Å²) in [5, 5.41) is 0. The van der Waals surface area contributed by atoms with E-state index in [-0.39, 0.29) is 0 Å². The Balaban J connectivity index is 0.00000260. The van der Waals surface area contributed by atoms with Crippen LogP contribution in [0.3, 0.4) is 0 Å². The summed E-state index contributed by atoms with van der Waals surface area (Å²) in [6.07, 6.45) is 23.5. The summed E-state index contributed by atoms with van der Waals surface area (Å²) in [5.41, 5.74) is 3.86. The molecule has 1 heterocycles. The third-order valence-electron chi connectivity index (χ3n) is 10.8. The highest BCUT2D eigenvalue weighted by Gasteiger charge is 2.40. The van der Waals surface area contributed by atoms with Gasteiger partial charge in [0.15, 0.2) is 0 Å². The maximum Gasteiger partial charge on any atom is 0.0608 e. The molecule has 7 atom stereocenters. The monoisotopic (exact) mass is 543 g/mol. The number of unbranched alkanes of at least 4 members (excludes halogenated alkanes) is 1. The second-order valence-electron chi connectivity index (χ2n) is 15.6. The normalized spacial score (nSPS) is 28.2. The fourth-order valence-electron chi connectivity index (χ4n) is 8.47.